The summed E-state index contributed by atoms with van der Waals surface area (Å²) in [5, 5.41) is 9.20. The van der Waals surface area contributed by atoms with Crippen molar-refractivity contribution in [2.24, 2.45) is 5.41 Å². The highest BCUT2D eigenvalue weighted by molar-refractivity contribution is 5.73. The average Bonchev–Trinajstić information content (AvgIpc) is 3.33. The van der Waals surface area contributed by atoms with E-state index in [1.807, 2.05) is 66.7 Å². The molecule has 174 valence electrons. The summed E-state index contributed by atoms with van der Waals surface area (Å²) in [6, 6.07) is 21.4. The summed E-state index contributed by atoms with van der Waals surface area (Å²) in [6.07, 6.45) is 3.56. The molecule has 0 amide bonds. The molecular weight excluding hydrogens is 430 g/mol. The van der Waals surface area contributed by atoms with Gasteiger partial charge in [-0.25, -0.2) is 4.98 Å². The maximum atomic E-state index is 11.2. The third-order valence-corrected chi connectivity index (χ3v) is 5.36. The van der Waals surface area contributed by atoms with Gasteiger partial charge in [-0.3, -0.25) is 9.78 Å². The van der Waals surface area contributed by atoms with Crippen LogP contribution in [0.5, 0.6) is 5.75 Å². The second kappa shape index (κ2) is 10.3. The molecule has 2 heterocycles. The number of aromatic nitrogens is 3. The first-order chi connectivity index (χ1) is 16.4. The third-order valence-electron chi connectivity index (χ3n) is 5.36. The van der Waals surface area contributed by atoms with Crippen molar-refractivity contribution in [1.82, 2.24) is 15.0 Å². The molecule has 2 aromatic carbocycles. The Morgan fingerprint density at radius 3 is 2.32 bits per heavy atom. The van der Waals surface area contributed by atoms with Gasteiger partial charge in [0.1, 0.15) is 18.2 Å². The van der Waals surface area contributed by atoms with E-state index in [4.69, 9.17) is 9.47 Å². The van der Waals surface area contributed by atoms with E-state index < -0.39 is 11.4 Å². The molecular formula is C27H27N3O4. The van der Waals surface area contributed by atoms with Gasteiger partial charge in [-0.2, -0.15) is 0 Å². The summed E-state index contributed by atoms with van der Waals surface area (Å²) in [5.41, 5.74) is 3.72. The number of benzene rings is 2. The number of rotatable bonds is 10. The third kappa shape index (κ3) is 5.88. The topological polar surface area (TPSA) is 97.3 Å². The molecule has 2 N–H and O–H groups in total. The Hall–Kier alpha value is -3.97. The predicted molar refractivity (Wildman–Crippen MR) is 129 cm³/mol. The van der Waals surface area contributed by atoms with Crippen molar-refractivity contribution in [2.45, 2.75) is 27.1 Å². The fraction of sp³-hybridized carbons (Fsp3) is 0.222. The van der Waals surface area contributed by atoms with Gasteiger partial charge in [-0.1, -0.05) is 30.3 Å². The highest BCUT2D eigenvalue weighted by Gasteiger charge is 2.28. The Balaban J connectivity index is 1.33. The summed E-state index contributed by atoms with van der Waals surface area (Å²) >= 11 is 0. The zero-order valence-corrected chi connectivity index (χ0v) is 19.2. The number of carbonyl (C=O) groups is 1. The zero-order chi connectivity index (χ0) is 24.0. The van der Waals surface area contributed by atoms with E-state index in [-0.39, 0.29) is 6.61 Å². The number of nitrogens with one attached hydrogen (secondary N) is 1. The van der Waals surface area contributed by atoms with Gasteiger partial charge in [0.25, 0.3) is 0 Å². The molecule has 0 bridgehead atoms. The Labute approximate surface area is 198 Å². The lowest BCUT2D eigenvalue weighted by Gasteiger charge is -2.19. The minimum absolute atomic E-state index is 0.0943. The highest BCUT2D eigenvalue weighted by Crippen LogP contribution is 2.25. The number of aliphatic carboxylic acids is 1. The van der Waals surface area contributed by atoms with Crippen molar-refractivity contribution in [2.75, 3.05) is 6.61 Å². The van der Waals surface area contributed by atoms with Crippen molar-refractivity contribution in [3.05, 3.63) is 90.4 Å². The van der Waals surface area contributed by atoms with Crippen LogP contribution in [0, 0.1) is 5.41 Å². The van der Waals surface area contributed by atoms with E-state index in [9.17, 15) is 9.90 Å². The number of ether oxygens (including phenoxy) is 2. The second-order valence-corrected chi connectivity index (χ2v) is 8.67. The molecule has 7 nitrogen and oxygen atoms in total. The Bertz CT molecular complexity index is 1220. The lowest BCUT2D eigenvalue weighted by atomic mass is 9.95. The molecule has 7 heteroatoms. The number of H-pyrrole nitrogens is 1. The number of carboxylic acids is 1. The molecule has 0 spiro atoms. The first-order valence-electron chi connectivity index (χ1n) is 11.0. The molecule has 0 atom stereocenters. The van der Waals surface area contributed by atoms with Gasteiger partial charge >= 0.3 is 5.97 Å². The molecule has 0 saturated heterocycles. The molecule has 0 aliphatic heterocycles. The van der Waals surface area contributed by atoms with Crippen LogP contribution in [0.15, 0.2) is 79.1 Å². The van der Waals surface area contributed by atoms with E-state index in [0.717, 1.165) is 33.9 Å². The standard InChI is InChI=1S/C27H27N3O4/c1-27(2,26(31)32)18-34-23-11-8-20(9-12-23)24-13-10-21(14-28-24)25-29-15-22(30-25)17-33-16-19-6-4-3-5-7-19/h3-15H,16-18H2,1-2H3,(H,29,30)(H,31,32). The summed E-state index contributed by atoms with van der Waals surface area (Å²) in [6.45, 7) is 4.36. The van der Waals surface area contributed by atoms with Crippen molar-refractivity contribution >= 4 is 5.97 Å². The SMILES string of the molecule is CC(C)(COc1ccc(-c2ccc(-c3ncc(COCc4ccccc4)[nH]3)cn2)cc1)C(=O)O. The van der Waals surface area contributed by atoms with Crippen LogP contribution in [0.4, 0.5) is 0 Å². The van der Waals surface area contributed by atoms with Gasteiger partial charge < -0.3 is 19.6 Å². The molecule has 0 radical (unpaired) electrons. The maximum Gasteiger partial charge on any atom is 0.312 e. The van der Waals surface area contributed by atoms with E-state index in [2.05, 4.69) is 15.0 Å². The van der Waals surface area contributed by atoms with Crippen LogP contribution >= 0.6 is 0 Å². The maximum absolute atomic E-state index is 11.2. The average molecular weight is 458 g/mol. The van der Waals surface area contributed by atoms with Gasteiger partial charge in [-0.05, 0) is 55.8 Å². The number of carboxylic acid groups (broad SMARTS) is 1. The normalized spacial score (nSPS) is 11.4. The number of aromatic amines is 1. The molecule has 0 aliphatic carbocycles. The molecule has 0 saturated carbocycles. The number of hydrogen-bond acceptors (Lipinski definition) is 5. The lowest BCUT2D eigenvalue weighted by molar-refractivity contribution is -0.148. The molecule has 4 rings (SSSR count). The van der Waals surface area contributed by atoms with E-state index >= 15 is 0 Å². The number of imidazole rings is 1. The molecule has 34 heavy (non-hydrogen) atoms. The van der Waals surface area contributed by atoms with E-state index in [0.29, 0.717) is 19.0 Å². The fourth-order valence-electron chi connectivity index (χ4n) is 3.18. The predicted octanol–water partition coefficient (Wildman–Crippen LogP) is 5.35. The van der Waals surface area contributed by atoms with E-state index in [1.165, 1.54) is 0 Å². The van der Waals surface area contributed by atoms with E-state index in [1.54, 1.807) is 26.2 Å². The van der Waals surface area contributed by atoms with Crippen LogP contribution in [0.25, 0.3) is 22.6 Å². The summed E-state index contributed by atoms with van der Waals surface area (Å²) in [5.74, 6) is 0.464. The number of hydrogen-bond donors (Lipinski definition) is 2. The summed E-state index contributed by atoms with van der Waals surface area (Å²) in [7, 11) is 0. The van der Waals surface area contributed by atoms with Gasteiger partial charge in [0, 0.05) is 17.3 Å². The number of nitrogens with zero attached hydrogens (tertiary/aromatic N) is 2. The number of pyridine rings is 1. The van der Waals surface area contributed by atoms with Gasteiger partial charge in [0.2, 0.25) is 0 Å². The molecule has 2 aromatic heterocycles. The molecule has 4 aromatic rings. The monoisotopic (exact) mass is 457 g/mol. The zero-order valence-electron chi connectivity index (χ0n) is 19.2. The molecule has 0 unspecified atom stereocenters. The van der Waals surface area contributed by atoms with Gasteiger partial charge in [0.15, 0.2) is 0 Å². The summed E-state index contributed by atoms with van der Waals surface area (Å²) in [4.78, 5) is 23.5. The molecule has 0 aliphatic rings. The first kappa shape index (κ1) is 23.2. The quantitative estimate of drug-likeness (QED) is 0.333. The Morgan fingerprint density at radius 2 is 1.65 bits per heavy atom. The van der Waals surface area contributed by atoms with Crippen LogP contribution in [-0.2, 0) is 22.7 Å². The lowest BCUT2D eigenvalue weighted by Crippen LogP contribution is -2.30. The Kier molecular flexibility index (Phi) is 7.04. The van der Waals surface area contributed by atoms with Crippen LogP contribution in [0.1, 0.15) is 25.1 Å². The van der Waals surface area contributed by atoms with Crippen molar-refractivity contribution in [3.8, 4) is 28.4 Å². The largest absolute Gasteiger partial charge is 0.492 e. The van der Waals surface area contributed by atoms with Gasteiger partial charge in [0.05, 0.1) is 36.2 Å². The minimum Gasteiger partial charge on any atom is -0.492 e. The summed E-state index contributed by atoms with van der Waals surface area (Å²) < 4.78 is 11.4. The van der Waals surface area contributed by atoms with Crippen molar-refractivity contribution in [1.29, 1.82) is 0 Å². The van der Waals surface area contributed by atoms with Crippen molar-refractivity contribution in [3.63, 3.8) is 0 Å². The highest BCUT2D eigenvalue weighted by atomic mass is 16.5. The minimum atomic E-state index is -0.949. The first-order valence-corrected chi connectivity index (χ1v) is 11.0. The van der Waals surface area contributed by atoms with Crippen LogP contribution < -0.4 is 4.74 Å². The Morgan fingerprint density at radius 1 is 0.912 bits per heavy atom. The van der Waals surface area contributed by atoms with Crippen LogP contribution in [0.2, 0.25) is 0 Å². The fourth-order valence-corrected chi connectivity index (χ4v) is 3.18. The van der Waals surface area contributed by atoms with Crippen LogP contribution in [0.3, 0.4) is 0 Å². The second-order valence-electron chi connectivity index (χ2n) is 8.67. The molecule has 0 fully saturated rings. The van der Waals surface area contributed by atoms with Gasteiger partial charge in [-0.15, -0.1) is 0 Å². The smallest absolute Gasteiger partial charge is 0.312 e. The van der Waals surface area contributed by atoms with Crippen molar-refractivity contribution < 1.29 is 19.4 Å². The van der Waals surface area contributed by atoms with Crippen LogP contribution in [-0.4, -0.2) is 32.6 Å².